The third-order valence-electron chi connectivity index (χ3n) is 3.25. The van der Waals surface area contributed by atoms with Crippen LogP contribution in [0.15, 0.2) is 29.1 Å². The Labute approximate surface area is 109 Å². The maximum atomic E-state index is 13.1. The molecule has 3 rings (SSSR count). The van der Waals surface area contributed by atoms with Gasteiger partial charge in [-0.25, -0.2) is 9.37 Å². The van der Waals surface area contributed by atoms with E-state index in [1.54, 1.807) is 6.07 Å². The van der Waals surface area contributed by atoms with E-state index < -0.39 is 0 Å². The largest absolute Gasteiger partial charge is 0.311 e. The van der Waals surface area contributed by atoms with Crippen LogP contribution >= 0.6 is 0 Å². The zero-order valence-corrected chi connectivity index (χ0v) is 10.4. The van der Waals surface area contributed by atoms with Gasteiger partial charge in [-0.2, -0.15) is 0 Å². The van der Waals surface area contributed by atoms with E-state index >= 15 is 0 Å². The minimum absolute atomic E-state index is 0.0714. The molecule has 0 saturated heterocycles. The fourth-order valence-electron chi connectivity index (χ4n) is 2.34. The molecule has 2 heterocycles. The first-order chi connectivity index (χ1) is 9.22. The predicted octanol–water partition coefficient (Wildman–Crippen LogP) is 1.15. The predicted molar refractivity (Wildman–Crippen MR) is 69.5 cm³/mol. The number of nitrogens with zero attached hydrogens (tertiary/aromatic N) is 1. The van der Waals surface area contributed by atoms with Gasteiger partial charge in [0.15, 0.2) is 0 Å². The topological polar surface area (TPSA) is 57.8 Å². The first-order valence-electron chi connectivity index (χ1n) is 6.28. The Morgan fingerprint density at radius 3 is 3.11 bits per heavy atom. The van der Waals surface area contributed by atoms with E-state index in [0.717, 1.165) is 23.4 Å². The Morgan fingerprint density at radius 1 is 1.37 bits per heavy atom. The minimum atomic E-state index is -0.278. The van der Waals surface area contributed by atoms with E-state index in [4.69, 9.17) is 0 Å². The zero-order valence-electron chi connectivity index (χ0n) is 10.4. The molecule has 19 heavy (non-hydrogen) atoms. The highest BCUT2D eigenvalue weighted by atomic mass is 19.1. The molecule has 1 aliphatic heterocycles. The van der Waals surface area contributed by atoms with E-state index in [-0.39, 0.29) is 11.4 Å². The molecule has 0 saturated carbocycles. The van der Waals surface area contributed by atoms with Crippen molar-refractivity contribution in [1.29, 1.82) is 0 Å². The number of H-pyrrole nitrogens is 1. The van der Waals surface area contributed by atoms with Gasteiger partial charge in [0.25, 0.3) is 5.56 Å². The lowest BCUT2D eigenvalue weighted by molar-refractivity contribution is 0.611. The highest BCUT2D eigenvalue weighted by molar-refractivity contribution is 5.24. The van der Waals surface area contributed by atoms with Gasteiger partial charge in [0, 0.05) is 18.5 Å². The van der Waals surface area contributed by atoms with E-state index in [1.165, 1.54) is 12.1 Å². The quantitative estimate of drug-likeness (QED) is 0.850. The molecule has 0 spiro atoms. The lowest BCUT2D eigenvalue weighted by atomic mass is 10.1. The van der Waals surface area contributed by atoms with E-state index in [0.29, 0.717) is 25.2 Å². The molecule has 5 heteroatoms. The minimum Gasteiger partial charge on any atom is -0.311 e. The van der Waals surface area contributed by atoms with Gasteiger partial charge in [-0.15, -0.1) is 0 Å². The summed E-state index contributed by atoms with van der Waals surface area (Å²) in [6.45, 7) is 1.43. The molecule has 0 unspecified atom stereocenters. The molecular weight excluding hydrogens is 245 g/mol. The van der Waals surface area contributed by atoms with Crippen LogP contribution in [0, 0.1) is 5.82 Å². The molecule has 1 aliphatic rings. The highest BCUT2D eigenvalue weighted by Gasteiger charge is 2.15. The van der Waals surface area contributed by atoms with Crippen LogP contribution in [0.3, 0.4) is 0 Å². The van der Waals surface area contributed by atoms with Crippen LogP contribution in [0.25, 0.3) is 0 Å². The van der Waals surface area contributed by atoms with Crippen LogP contribution in [0.1, 0.15) is 22.6 Å². The van der Waals surface area contributed by atoms with Crippen LogP contribution in [-0.2, 0) is 19.4 Å². The van der Waals surface area contributed by atoms with Crippen LogP contribution in [0.4, 0.5) is 4.39 Å². The molecule has 0 bridgehead atoms. The van der Waals surface area contributed by atoms with Crippen LogP contribution in [-0.4, -0.2) is 16.5 Å². The van der Waals surface area contributed by atoms with E-state index in [1.807, 2.05) is 6.07 Å². The second-order valence-electron chi connectivity index (χ2n) is 4.67. The Hall–Kier alpha value is -2.01. The molecule has 0 aliphatic carbocycles. The fraction of sp³-hybridized carbons (Fsp3) is 0.286. The average Bonchev–Trinajstić information content (AvgIpc) is 2.39. The second-order valence-corrected chi connectivity index (χ2v) is 4.67. The number of hydrogen-bond donors (Lipinski definition) is 2. The van der Waals surface area contributed by atoms with Crippen molar-refractivity contribution in [3.05, 3.63) is 63.1 Å². The number of halogens is 1. The number of hydrogen-bond acceptors (Lipinski definition) is 3. The van der Waals surface area contributed by atoms with Gasteiger partial charge in [-0.05, 0) is 30.7 Å². The van der Waals surface area contributed by atoms with Crippen molar-refractivity contribution in [1.82, 2.24) is 15.3 Å². The normalized spacial score (nSPS) is 14.2. The van der Waals surface area contributed by atoms with Gasteiger partial charge in [0.2, 0.25) is 0 Å². The van der Waals surface area contributed by atoms with Crippen molar-refractivity contribution in [2.75, 3.05) is 6.54 Å². The summed E-state index contributed by atoms with van der Waals surface area (Å²) < 4.78 is 13.1. The van der Waals surface area contributed by atoms with Crippen LogP contribution < -0.4 is 10.9 Å². The Kier molecular flexibility index (Phi) is 3.13. The van der Waals surface area contributed by atoms with Gasteiger partial charge < -0.3 is 10.3 Å². The Balaban J connectivity index is 1.94. The van der Waals surface area contributed by atoms with Gasteiger partial charge in [-0.3, -0.25) is 4.79 Å². The fourth-order valence-corrected chi connectivity index (χ4v) is 2.34. The lowest BCUT2D eigenvalue weighted by Crippen LogP contribution is -2.31. The zero-order chi connectivity index (χ0) is 13.2. The maximum Gasteiger partial charge on any atom is 0.254 e. The first-order valence-corrected chi connectivity index (χ1v) is 6.28. The van der Waals surface area contributed by atoms with E-state index in [2.05, 4.69) is 15.3 Å². The van der Waals surface area contributed by atoms with Crippen molar-refractivity contribution < 1.29 is 4.39 Å². The average molecular weight is 259 g/mol. The number of rotatable bonds is 2. The van der Waals surface area contributed by atoms with Crippen molar-refractivity contribution in [2.45, 2.75) is 19.4 Å². The van der Waals surface area contributed by atoms with Crippen molar-refractivity contribution >= 4 is 0 Å². The molecule has 0 radical (unpaired) electrons. The monoisotopic (exact) mass is 259 g/mol. The first kappa shape index (κ1) is 12.0. The molecule has 98 valence electrons. The van der Waals surface area contributed by atoms with Gasteiger partial charge in [0.05, 0.1) is 5.69 Å². The Bertz CT molecular complexity index is 666. The smallest absolute Gasteiger partial charge is 0.254 e. The maximum absolute atomic E-state index is 13.1. The third kappa shape index (κ3) is 2.56. The summed E-state index contributed by atoms with van der Waals surface area (Å²) in [4.78, 5) is 19.2. The number of aromatic nitrogens is 2. The summed E-state index contributed by atoms with van der Waals surface area (Å²) in [5.41, 5.74) is 2.30. The number of aromatic amines is 1. The van der Waals surface area contributed by atoms with Gasteiger partial charge in [-0.1, -0.05) is 12.1 Å². The summed E-state index contributed by atoms with van der Waals surface area (Å²) >= 11 is 0. The summed E-state index contributed by atoms with van der Waals surface area (Å²) in [6, 6.07) is 6.33. The molecule has 0 amide bonds. The van der Waals surface area contributed by atoms with Gasteiger partial charge >= 0.3 is 0 Å². The summed E-state index contributed by atoms with van der Waals surface area (Å²) in [5.74, 6) is 0.303. The van der Waals surface area contributed by atoms with E-state index in [9.17, 15) is 9.18 Å². The van der Waals surface area contributed by atoms with Crippen LogP contribution in [0.5, 0.6) is 0 Å². The molecule has 2 aromatic rings. The summed E-state index contributed by atoms with van der Waals surface area (Å²) in [5, 5.41) is 3.19. The molecule has 0 fully saturated rings. The molecule has 0 atom stereocenters. The lowest BCUT2D eigenvalue weighted by Gasteiger charge is -2.15. The third-order valence-corrected chi connectivity index (χ3v) is 3.25. The SMILES string of the molecule is O=c1[nH]c(Cc2cccc(F)c2)nc2c1CCNC2. The standard InChI is InChI=1S/C14H14FN3O/c15-10-3-1-2-9(6-10)7-13-17-12-8-16-5-4-11(12)14(19)18-13/h1-3,6,16H,4-5,7-8H2,(H,17,18,19). The number of nitrogens with one attached hydrogen (secondary N) is 2. The Morgan fingerprint density at radius 2 is 2.26 bits per heavy atom. The molecule has 2 N–H and O–H groups in total. The van der Waals surface area contributed by atoms with Crippen molar-refractivity contribution in [3.63, 3.8) is 0 Å². The number of fused-ring (bicyclic) bond motifs is 1. The summed E-state index contributed by atoms with van der Waals surface area (Å²) in [7, 11) is 0. The summed E-state index contributed by atoms with van der Waals surface area (Å²) in [6.07, 6.45) is 1.14. The highest BCUT2D eigenvalue weighted by Crippen LogP contribution is 2.10. The van der Waals surface area contributed by atoms with Crippen molar-refractivity contribution in [2.24, 2.45) is 0 Å². The molecule has 4 nitrogen and oxygen atoms in total. The van der Waals surface area contributed by atoms with Crippen molar-refractivity contribution in [3.8, 4) is 0 Å². The molecule has 1 aromatic heterocycles. The van der Waals surface area contributed by atoms with Crippen LogP contribution in [0.2, 0.25) is 0 Å². The number of benzene rings is 1. The second kappa shape index (κ2) is 4.93. The molecule has 1 aromatic carbocycles. The van der Waals surface area contributed by atoms with Gasteiger partial charge in [0.1, 0.15) is 11.6 Å². The molecular formula is C14H14FN3O.